The summed E-state index contributed by atoms with van der Waals surface area (Å²) in [5, 5.41) is 0. The molecule has 2 aromatic rings. The number of nitrogen functional groups attached to an aromatic ring is 1. The average molecular weight is 349 g/mol. The Morgan fingerprint density at radius 3 is 2.62 bits per heavy atom. The molecule has 0 atom stereocenters. The number of nitrogens with zero attached hydrogens (tertiary/aromatic N) is 1. The van der Waals surface area contributed by atoms with Crippen LogP contribution in [0.3, 0.4) is 0 Å². The van der Waals surface area contributed by atoms with E-state index in [0.717, 1.165) is 10.0 Å². The van der Waals surface area contributed by atoms with Crippen LogP contribution in [0.2, 0.25) is 0 Å². The lowest BCUT2D eigenvalue weighted by Crippen LogP contribution is -2.21. The summed E-state index contributed by atoms with van der Waals surface area (Å²) in [7, 11) is 3.41. The van der Waals surface area contributed by atoms with Crippen LogP contribution in [-0.4, -0.2) is 24.9 Å². The number of carbonyl (C=O) groups excluding carboxylic acids is 1. The molecule has 0 bridgehead atoms. The van der Waals surface area contributed by atoms with Crippen LogP contribution >= 0.6 is 15.9 Å². The van der Waals surface area contributed by atoms with Crippen molar-refractivity contribution in [1.82, 2.24) is 4.90 Å². The van der Waals surface area contributed by atoms with Gasteiger partial charge in [-0.05, 0) is 35.9 Å². The number of amides is 1. The third kappa shape index (κ3) is 3.98. The van der Waals surface area contributed by atoms with Crippen molar-refractivity contribution in [2.45, 2.75) is 6.61 Å². The predicted molar refractivity (Wildman–Crippen MR) is 87.3 cm³/mol. The number of ether oxygens (including phenoxy) is 1. The second kappa shape index (κ2) is 6.63. The molecule has 0 fully saturated rings. The fraction of sp³-hybridized carbons (Fsp3) is 0.188. The molecule has 0 heterocycles. The molecule has 0 aliphatic heterocycles. The molecule has 2 N–H and O–H groups in total. The number of rotatable bonds is 4. The van der Waals surface area contributed by atoms with Crippen LogP contribution in [0.4, 0.5) is 5.69 Å². The first-order chi connectivity index (χ1) is 9.97. The topological polar surface area (TPSA) is 55.6 Å². The molecular formula is C16H17BrN2O2. The quantitative estimate of drug-likeness (QED) is 0.862. The Balaban J connectivity index is 2.09. The molecule has 0 saturated heterocycles. The fourth-order valence-electron chi connectivity index (χ4n) is 1.86. The van der Waals surface area contributed by atoms with Gasteiger partial charge in [-0.1, -0.05) is 28.1 Å². The van der Waals surface area contributed by atoms with E-state index in [4.69, 9.17) is 10.5 Å². The van der Waals surface area contributed by atoms with Gasteiger partial charge in [0.25, 0.3) is 5.91 Å². The van der Waals surface area contributed by atoms with Gasteiger partial charge in [0, 0.05) is 24.1 Å². The highest BCUT2D eigenvalue weighted by Gasteiger charge is 2.10. The van der Waals surface area contributed by atoms with Crippen LogP contribution < -0.4 is 10.5 Å². The van der Waals surface area contributed by atoms with Crippen LogP contribution in [0.5, 0.6) is 5.75 Å². The molecule has 0 saturated carbocycles. The van der Waals surface area contributed by atoms with E-state index in [1.54, 1.807) is 32.3 Å². The molecule has 110 valence electrons. The highest BCUT2D eigenvalue weighted by atomic mass is 79.9. The average Bonchev–Trinajstić information content (AvgIpc) is 2.45. The van der Waals surface area contributed by atoms with Crippen LogP contribution in [-0.2, 0) is 6.61 Å². The zero-order chi connectivity index (χ0) is 15.4. The van der Waals surface area contributed by atoms with Gasteiger partial charge < -0.3 is 15.4 Å². The van der Waals surface area contributed by atoms with Crippen molar-refractivity contribution >= 4 is 27.5 Å². The lowest BCUT2D eigenvalue weighted by atomic mass is 10.1. The second-order valence-corrected chi connectivity index (χ2v) is 5.79. The zero-order valence-electron chi connectivity index (χ0n) is 12.0. The van der Waals surface area contributed by atoms with E-state index in [2.05, 4.69) is 15.9 Å². The molecular weight excluding hydrogens is 332 g/mol. The lowest BCUT2D eigenvalue weighted by Gasteiger charge is -2.13. The largest absolute Gasteiger partial charge is 0.487 e. The highest BCUT2D eigenvalue weighted by molar-refractivity contribution is 9.10. The van der Waals surface area contributed by atoms with Crippen molar-refractivity contribution in [3.63, 3.8) is 0 Å². The summed E-state index contributed by atoms with van der Waals surface area (Å²) < 4.78 is 6.71. The summed E-state index contributed by atoms with van der Waals surface area (Å²) in [5.74, 6) is 0.491. The first kappa shape index (κ1) is 15.4. The number of hydrogen-bond acceptors (Lipinski definition) is 3. The molecule has 5 heteroatoms. The van der Waals surface area contributed by atoms with Gasteiger partial charge in [-0.15, -0.1) is 0 Å². The summed E-state index contributed by atoms with van der Waals surface area (Å²) in [4.78, 5) is 13.4. The summed E-state index contributed by atoms with van der Waals surface area (Å²) in [6, 6.07) is 13.0. The Labute approximate surface area is 132 Å². The minimum absolute atomic E-state index is 0.0831. The summed E-state index contributed by atoms with van der Waals surface area (Å²) in [5.41, 5.74) is 7.99. The Hall–Kier alpha value is -2.01. The minimum atomic E-state index is -0.0831. The molecule has 0 aliphatic carbocycles. The number of halogens is 1. The van der Waals surface area contributed by atoms with Crippen LogP contribution in [0, 0.1) is 0 Å². The number of hydrogen-bond donors (Lipinski definition) is 1. The van der Waals surface area contributed by atoms with E-state index >= 15 is 0 Å². The summed E-state index contributed by atoms with van der Waals surface area (Å²) in [6.45, 7) is 0.421. The third-order valence-corrected chi connectivity index (χ3v) is 3.44. The van der Waals surface area contributed by atoms with Gasteiger partial charge >= 0.3 is 0 Å². The number of anilines is 1. The standard InChI is InChI=1S/C16H17BrN2O2/c1-19(2)16(20)12-6-7-15(14(18)9-12)21-10-11-4-3-5-13(17)8-11/h3-9H,10,18H2,1-2H3. The van der Waals surface area contributed by atoms with Gasteiger partial charge in [0.15, 0.2) is 0 Å². The molecule has 0 unspecified atom stereocenters. The Morgan fingerprint density at radius 2 is 2.00 bits per heavy atom. The monoisotopic (exact) mass is 348 g/mol. The van der Waals surface area contributed by atoms with Gasteiger partial charge in [0.2, 0.25) is 0 Å². The van der Waals surface area contributed by atoms with E-state index in [1.807, 2.05) is 24.3 Å². The number of benzene rings is 2. The van der Waals surface area contributed by atoms with Crippen molar-refractivity contribution in [3.05, 3.63) is 58.1 Å². The molecule has 0 aliphatic rings. The summed E-state index contributed by atoms with van der Waals surface area (Å²) in [6.07, 6.45) is 0. The van der Waals surface area contributed by atoms with Gasteiger partial charge in [-0.25, -0.2) is 0 Å². The minimum Gasteiger partial charge on any atom is -0.487 e. The van der Waals surface area contributed by atoms with E-state index in [0.29, 0.717) is 23.6 Å². The van der Waals surface area contributed by atoms with Crippen molar-refractivity contribution in [1.29, 1.82) is 0 Å². The van der Waals surface area contributed by atoms with E-state index in [9.17, 15) is 4.79 Å². The molecule has 21 heavy (non-hydrogen) atoms. The van der Waals surface area contributed by atoms with Crippen molar-refractivity contribution in [2.75, 3.05) is 19.8 Å². The fourth-order valence-corrected chi connectivity index (χ4v) is 2.31. The zero-order valence-corrected chi connectivity index (χ0v) is 13.6. The predicted octanol–water partition coefficient (Wildman–Crippen LogP) is 3.31. The van der Waals surface area contributed by atoms with E-state index in [-0.39, 0.29) is 5.91 Å². The van der Waals surface area contributed by atoms with E-state index < -0.39 is 0 Å². The molecule has 1 amide bonds. The molecule has 2 aromatic carbocycles. The third-order valence-electron chi connectivity index (χ3n) is 2.95. The molecule has 0 aromatic heterocycles. The smallest absolute Gasteiger partial charge is 0.253 e. The Kier molecular flexibility index (Phi) is 4.85. The van der Waals surface area contributed by atoms with Crippen LogP contribution in [0.1, 0.15) is 15.9 Å². The van der Waals surface area contributed by atoms with Crippen molar-refractivity contribution < 1.29 is 9.53 Å². The normalized spacial score (nSPS) is 10.2. The van der Waals surface area contributed by atoms with Crippen molar-refractivity contribution in [3.8, 4) is 5.75 Å². The second-order valence-electron chi connectivity index (χ2n) is 4.87. The van der Waals surface area contributed by atoms with Crippen LogP contribution in [0.25, 0.3) is 0 Å². The highest BCUT2D eigenvalue weighted by Crippen LogP contribution is 2.24. The SMILES string of the molecule is CN(C)C(=O)c1ccc(OCc2cccc(Br)c2)c(N)c1. The number of nitrogens with two attached hydrogens (primary N) is 1. The van der Waals surface area contributed by atoms with Gasteiger partial charge in [-0.2, -0.15) is 0 Å². The van der Waals surface area contributed by atoms with Crippen molar-refractivity contribution in [2.24, 2.45) is 0 Å². The maximum Gasteiger partial charge on any atom is 0.253 e. The van der Waals surface area contributed by atoms with Gasteiger partial charge in [0.05, 0.1) is 5.69 Å². The Morgan fingerprint density at radius 1 is 1.24 bits per heavy atom. The molecule has 4 nitrogen and oxygen atoms in total. The molecule has 0 spiro atoms. The maximum atomic E-state index is 11.8. The summed E-state index contributed by atoms with van der Waals surface area (Å²) >= 11 is 3.42. The number of carbonyl (C=O) groups is 1. The molecule has 2 rings (SSSR count). The Bertz CT molecular complexity index is 656. The lowest BCUT2D eigenvalue weighted by molar-refractivity contribution is 0.0827. The maximum absolute atomic E-state index is 11.8. The first-order valence-electron chi connectivity index (χ1n) is 6.46. The van der Waals surface area contributed by atoms with Gasteiger partial charge in [-0.3, -0.25) is 4.79 Å². The van der Waals surface area contributed by atoms with E-state index in [1.165, 1.54) is 4.90 Å². The van der Waals surface area contributed by atoms with Gasteiger partial charge in [0.1, 0.15) is 12.4 Å². The molecule has 0 radical (unpaired) electrons. The van der Waals surface area contributed by atoms with Crippen LogP contribution in [0.15, 0.2) is 46.9 Å². The first-order valence-corrected chi connectivity index (χ1v) is 7.25.